The molecule has 0 aliphatic carbocycles. The highest BCUT2D eigenvalue weighted by Gasteiger charge is 2.19. The number of carbonyl (C=O) groups excluding carboxylic acids is 2. The molecule has 0 aliphatic rings. The highest BCUT2D eigenvalue weighted by molar-refractivity contribution is 7.09. The van der Waals surface area contributed by atoms with E-state index in [1.807, 2.05) is 27.7 Å². The molecule has 0 atom stereocenters. The lowest BCUT2D eigenvalue weighted by atomic mass is 10.2. The first kappa shape index (κ1) is 23.4. The quantitative estimate of drug-likeness (QED) is 0.548. The van der Waals surface area contributed by atoms with E-state index in [1.54, 1.807) is 28.5 Å². The average molecular weight is 457 g/mol. The van der Waals surface area contributed by atoms with Gasteiger partial charge in [0, 0.05) is 23.5 Å². The fourth-order valence-corrected chi connectivity index (χ4v) is 3.73. The SMILES string of the molecule is CC(C)CNC(=O)c1csc(CN(CC(C)C)C(=O)Nc2ccc(Cl)cc2Cl)n1. The van der Waals surface area contributed by atoms with Gasteiger partial charge in [0.15, 0.2) is 0 Å². The second-order valence-electron chi connectivity index (χ2n) is 7.56. The number of aromatic nitrogens is 1. The average Bonchev–Trinajstić information content (AvgIpc) is 3.09. The Morgan fingerprint density at radius 1 is 1.17 bits per heavy atom. The molecule has 0 saturated carbocycles. The third kappa shape index (κ3) is 7.49. The van der Waals surface area contributed by atoms with Crippen molar-refractivity contribution in [3.63, 3.8) is 0 Å². The molecular weight excluding hydrogens is 431 g/mol. The summed E-state index contributed by atoms with van der Waals surface area (Å²) in [6, 6.07) is 4.62. The van der Waals surface area contributed by atoms with Crippen LogP contribution in [0.15, 0.2) is 23.6 Å². The van der Waals surface area contributed by atoms with Crippen molar-refractivity contribution >= 4 is 52.2 Å². The molecule has 2 rings (SSSR count). The van der Waals surface area contributed by atoms with Gasteiger partial charge >= 0.3 is 6.03 Å². The number of hydrogen-bond acceptors (Lipinski definition) is 4. The zero-order valence-electron chi connectivity index (χ0n) is 17.0. The van der Waals surface area contributed by atoms with Crippen LogP contribution in [0.5, 0.6) is 0 Å². The monoisotopic (exact) mass is 456 g/mol. The molecule has 6 nitrogen and oxygen atoms in total. The van der Waals surface area contributed by atoms with Crippen LogP contribution in [0.1, 0.15) is 43.2 Å². The van der Waals surface area contributed by atoms with Crippen LogP contribution in [0.25, 0.3) is 0 Å². The van der Waals surface area contributed by atoms with Crippen molar-refractivity contribution in [3.8, 4) is 0 Å². The molecule has 29 heavy (non-hydrogen) atoms. The number of anilines is 1. The number of carbonyl (C=O) groups is 2. The summed E-state index contributed by atoms with van der Waals surface area (Å²) < 4.78 is 0. The summed E-state index contributed by atoms with van der Waals surface area (Å²) in [4.78, 5) is 31.1. The third-order valence-corrected chi connectivity index (χ3v) is 5.21. The normalized spacial score (nSPS) is 11.0. The van der Waals surface area contributed by atoms with Gasteiger partial charge in [-0.25, -0.2) is 9.78 Å². The second kappa shape index (κ2) is 10.8. The van der Waals surface area contributed by atoms with Gasteiger partial charge in [-0.2, -0.15) is 0 Å². The minimum Gasteiger partial charge on any atom is -0.350 e. The van der Waals surface area contributed by atoms with Gasteiger partial charge in [-0.3, -0.25) is 4.79 Å². The first-order valence-electron chi connectivity index (χ1n) is 9.39. The Bertz CT molecular complexity index is 855. The Hall–Kier alpha value is -1.83. The molecule has 0 fully saturated rings. The van der Waals surface area contributed by atoms with Crippen LogP contribution < -0.4 is 10.6 Å². The molecule has 1 aromatic carbocycles. The highest BCUT2D eigenvalue weighted by atomic mass is 35.5. The van der Waals surface area contributed by atoms with E-state index in [2.05, 4.69) is 15.6 Å². The van der Waals surface area contributed by atoms with E-state index in [0.29, 0.717) is 52.0 Å². The molecule has 3 amide bonds. The predicted molar refractivity (Wildman–Crippen MR) is 120 cm³/mol. The van der Waals surface area contributed by atoms with Crippen LogP contribution in [-0.2, 0) is 6.54 Å². The Morgan fingerprint density at radius 2 is 1.90 bits per heavy atom. The van der Waals surface area contributed by atoms with Crippen LogP contribution in [0.4, 0.5) is 10.5 Å². The Kier molecular flexibility index (Phi) is 8.74. The molecule has 0 unspecified atom stereocenters. The topological polar surface area (TPSA) is 74.3 Å². The Morgan fingerprint density at radius 3 is 2.52 bits per heavy atom. The van der Waals surface area contributed by atoms with E-state index in [9.17, 15) is 9.59 Å². The summed E-state index contributed by atoms with van der Waals surface area (Å²) >= 11 is 13.4. The number of thiazole rings is 1. The minimum atomic E-state index is -0.288. The molecule has 1 heterocycles. The fraction of sp³-hybridized carbons (Fsp3) is 0.450. The molecular formula is C20H26Cl2N4O2S. The molecule has 9 heteroatoms. The van der Waals surface area contributed by atoms with Crippen LogP contribution >= 0.6 is 34.5 Å². The van der Waals surface area contributed by atoms with E-state index in [4.69, 9.17) is 23.2 Å². The maximum atomic E-state index is 12.8. The standard InChI is InChI=1S/C20H26Cl2N4O2S/c1-12(2)8-23-19(27)17-11-29-18(24-17)10-26(9-13(3)4)20(28)25-16-6-5-14(21)7-15(16)22/h5-7,11-13H,8-10H2,1-4H3,(H,23,27)(H,25,28). The van der Waals surface area contributed by atoms with Gasteiger partial charge in [-0.05, 0) is 30.0 Å². The number of benzene rings is 1. The smallest absolute Gasteiger partial charge is 0.322 e. The summed E-state index contributed by atoms with van der Waals surface area (Å²) in [5.41, 5.74) is 0.860. The van der Waals surface area contributed by atoms with Crippen molar-refractivity contribution in [2.24, 2.45) is 11.8 Å². The van der Waals surface area contributed by atoms with Crippen molar-refractivity contribution in [1.82, 2.24) is 15.2 Å². The van der Waals surface area contributed by atoms with Crippen molar-refractivity contribution in [1.29, 1.82) is 0 Å². The lowest BCUT2D eigenvalue weighted by Crippen LogP contribution is -2.37. The highest BCUT2D eigenvalue weighted by Crippen LogP contribution is 2.26. The fourth-order valence-electron chi connectivity index (χ4n) is 2.48. The summed E-state index contributed by atoms with van der Waals surface area (Å²) in [6.45, 7) is 9.55. The Balaban J connectivity index is 2.08. The Labute approximate surface area is 185 Å². The molecule has 0 radical (unpaired) electrons. The van der Waals surface area contributed by atoms with E-state index in [-0.39, 0.29) is 17.9 Å². The van der Waals surface area contributed by atoms with Crippen LogP contribution in [0, 0.1) is 11.8 Å². The van der Waals surface area contributed by atoms with Crippen molar-refractivity contribution < 1.29 is 9.59 Å². The maximum Gasteiger partial charge on any atom is 0.322 e. The van der Waals surface area contributed by atoms with E-state index in [1.165, 1.54) is 11.3 Å². The first-order valence-corrected chi connectivity index (χ1v) is 11.0. The van der Waals surface area contributed by atoms with Gasteiger partial charge in [0.05, 0.1) is 17.3 Å². The van der Waals surface area contributed by atoms with Gasteiger partial charge in [-0.1, -0.05) is 50.9 Å². The van der Waals surface area contributed by atoms with E-state index >= 15 is 0 Å². The van der Waals surface area contributed by atoms with Crippen molar-refractivity contribution in [2.75, 3.05) is 18.4 Å². The molecule has 2 N–H and O–H groups in total. The molecule has 0 spiro atoms. The minimum absolute atomic E-state index is 0.200. The van der Waals surface area contributed by atoms with Crippen molar-refractivity contribution in [3.05, 3.63) is 44.3 Å². The molecule has 0 aliphatic heterocycles. The van der Waals surface area contributed by atoms with Crippen LogP contribution in [0.3, 0.4) is 0 Å². The number of halogens is 2. The van der Waals surface area contributed by atoms with Crippen LogP contribution in [0.2, 0.25) is 10.0 Å². The molecule has 0 bridgehead atoms. The summed E-state index contributed by atoms with van der Waals surface area (Å²) in [7, 11) is 0. The number of nitrogens with one attached hydrogen (secondary N) is 2. The summed E-state index contributed by atoms with van der Waals surface area (Å²) in [5, 5.41) is 8.94. The zero-order chi connectivity index (χ0) is 21.6. The lowest BCUT2D eigenvalue weighted by Gasteiger charge is -2.24. The van der Waals surface area contributed by atoms with E-state index in [0.717, 1.165) is 0 Å². The summed E-state index contributed by atoms with van der Waals surface area (Å²) in [5.74, 6) is 0.422. The largest absolute Gasteiger partial charge is 0.350 e. The van der Waals surface area contributed by atoms with Gasteiger partial charge in [-0.15, -0.1) is 11.3 Å². The first-order chi connectivity index (χ1) is 13.7. The van der Waals surface area contributed by atoms with Crippen molar-refractivity contribution in [2.45, 2.75) is 34.2 Å². The zero-order valence-corrected chi connectivity index (χ0v) is 19.3. The van der Waals surface area contributed by atoms with Gasteiger partial charge in [0.25, 0.3) is 5.91 Å². The third-order valence-electron chi connectivity index (χ3n) is 3.83. The van der Waals surface area contributed by atoms with E-state index < -0.39 is 0 Å². The molecule has 158 valence electrons. The number of rotatable bonds is 8. The lowest BCUT2D eigenvalue weighted by molar-refractivity contribution is 0.0944. The maximum absolute atomic E-state index is 12.8. The number of hydrogen-bond donors (Lipinski definition) is 2. The number of nitrogens with zero attached hydrogens (tertiary/aromatic N) is 2. The molecule has 0 saturated heterocycles. The van der Waals surface area contributed by atoms with Gasteiger partial charge in [0.1, 0.15) is 10.7 Å². The second-order valence-corrected chi connectivity index (χ2v) is 9.35. The predicted octanol–water partition coefficient (Wildman–Crippen LogP) is 5.53. The van der Waals surface area contributed by atoms with Gasteiger partial charge < -0.3 is 15.5 Å². The summed E-state index contributed by atoms with van der Waals surface area (Å²) in [6.07, 6.45) is 0. The molecule has 1 aromatic heterocycles. The van der Waals surface area contributed by atoms with Crippen LogP contribution in [-0.4, -0.2) is 34.9 Å². The van der Waals surface area contributed by atoms with Gasteiger partial charge in [0.2, 0.25) is 0 Å². The number of urea groups is 1. The molecule has 2 aromatic rings. The number of amides is 3.